The van der Waals surface area contributed by atoms with Crippen molar-refractivity contribution >= 4 is 5.91 Å². The first kappa shape index (κ1) is 13.5. The zero-order chi connectivity index (χ0) is 12.0. The van der Waals surface area contributed by atoms with Gasteiger partial charge in [0.15, 0.2) is 0 Å². The lowest BCUT2D eigenvalue weighted by molar-refractivity contribution is -0.130. The molecule has 1 fully saturated rings. The van der Waals surface area contributed by atoms with Crippen LogP contribution in [-0.4, -0.2) is 36.5 Å². The second-order valence-electron chi connectivity index (χ2n) is 4.75. The van der Waals surface area contributed by atoms with Crippen LogP contribution in [0, 0.1) is 5.92 Å². The summed E-state index contributed by atoms with van der Waals surface area (Å²) in [7, 11) is 0. The summed E-state index contributed by atoms with van der Waals surface area (Å²) in [6.45, 7) is 8.97. The molecular formula is C13H26N2O. The Morgan fingerprint density at radius 1 is 1.38 bits per heavy atom. The molecule has 0 bridgehead atoms. The normalized spacial score (nSPS) is 17.2. The van der Waals surface area contributed by atoms with Crippen LogP contribution in [0.5, 0.6) is 0 Å². The van der Waals surface area contributed by atoms with Gasteiger partial charge in [0, 0.05) is 25.6 Å². The van der Waals surface area contributed by atoms with Crippen molar-refractivity contribution in [3.8, 4) is 0 Å². The second-order valence-corrected chi connectivity index (χ2v) is 4.75. The highest BCUT2D eigenvalue weighted by Gasteiger charge is 2.27. The number of carbonyl (C=O) groups is 1. The lowest BCUT2D eigenvalue weighted by atomic mass is 10.2. The minimum Gasteiger partial charge on any atom is -0.343 e. The van der Waals surface area contributed by atoms with Gasteiger partial charge in [-0.15, -0.1) is 0 Å². The van der Waals surface area contributed by atoms with Crippen LogP contribution in [-0.2, 0) is 4.79 Å². The molecule has 0 aromatic rings. The average molecular weight is 226 g/mol. The highest BCUT2D eigenvalue weighted by atomic mass is 16.2. The van der Waals surface area contributed by atoms with Crippen LogP contribution in [0.3, 0.4) is 0 Å². The molecule has 0 aromatic carbocycles. The van der Waals surface area contributed by atoms with Gasteiger partial charge in [0.05, 0.1) is 0 Å². The van der Waals surface area contributed by atoms with E-state index in [1.165, 1.54) is 12.8 Å². The number of nitrogens with one attached hydrogen (secondary N) is 1. The fourth-order valence-corrected chi connectivity index (χ4v) is 2.07. The number of hydrogen-bond acceptors (Lipinski definition) is 2. The molecule has 3 nitrogen and oxygen atoms in total. The molecule has 1 unspecified atom stereocenters. The van der Waals surface area contributed by atoms with Crippen molar-refractivity contribution in [3.05, 3.63) is 0 Å². The van der Waals surface area contributed by atoms with Gasteiger partial charge in [0.2, 0.25) is 5.91 Å². The minimum atomic E-state index is 0.297. The third kappa shape index (κ3) is 4.52. The number of amides is 1. The van der Waals surface area contributed by atoms with Gasteiger partial charge in [-0.1, -0.05) is 0 Å². The molecule has 16 heavy (non-hydrogen) atoms. The molecule has 0 aliphatic heterocycles. The van der Waals surface area contributed by atoms with E-state index in [2.05, 4.69) is 12.2 Å². The minimum absolute atomic E-state index is 0.297. The standard InChI is InChI=1S/C13H26N2O/c1-4-15(5-2)13(16)7-6-10-14-11(3)12-8-9-12/h11-12,14H,4-10H2,1-3H3. The van der Waals surface area contributed by atoms with Gasteiger partial charge < -0.3 is 10.2 Å². The first-order valence-electron chi connectivity index (χ1n) is 6.70. The van der Waals surface area contributed by atoms with E-state index in [-0.39, 0.29) is 0 Å². The quantitative estimate of drug-likeness (QED) is 0.642. The van der Waals surface area contributed by atoms with Crippen molar-refractivity contribution < 1.29 is 4.79 Å². The van der Waals surface area contributed by atoms with Crippen molar-refractivity contribution in [3.63, 3.8) is 0 Å². The summed E-state index contributed by atoms with van der Waals surface area (Å²) in [4.78, 5) is 13.6. The maximum Gasteiger partial charge on any atom is 0.222 e. The van der Waals surface area contributed by atoms with E-state index in [0.717, 1.165) is 32.0 Å². The van der Waals surface area contributed by atoms with Gasteiger partial charge in [0.25, 0.3) is 0 Å². The van der Waals surface area contributed by atoms with Crippen molar-refractivity contribution in [2.45, 2.75) is 52.5 Å². The van der Waals surface area contributed by atoms with E-state index in [9.17, 15) is 4.79 Å². The topological polar surface area (TPSA) is 32.3 Å². The van der Waals surface area contributed by atoms with E-state index in [1.807, 2.05) is 18.7 Å². The van der Waals surface area contributed by atoms with Crippen molar-refractivity contribution in [1.29, 1.82) is 0 Å². The molecule has 1 aliphatic carbocycles. The molecule has 3 heteroatoms. The Hall–Kier alpha value is -0.570. The fourth-order valence-electron chi connectivity index (χ4n) is 2.07. The second kappa shape index (κ2) is 6.89. The van der Waals surface area contributed by atoms with Crippen LogP contribution in [0.2, 0.25) is 0 Å². The maximum absolute atomic E-state index is 11.7. The Morgan fingerprint density at radius 3 is 2.50 bits per heavy atom. The number of rotatable bonds is 8. The van der Waals surface area contributed by atoms with E-state index < -0.39 is 0 Å². The van der Waals surface area contributed by atoms with E-state index >= 15 is 0 Å². The third-order valence-electron chi connectivity index (χ3n) is 3.48. The maximum atomic E-state index is 11.7. The first-order chi connectivity index (χ1) is 7.69. The van der Waals surface area contributed by atoms with Crippen molar-refractivity contribution in [2.24, 2.45) is 5.92 Å². The summed E-state index contributed by atoms with van der Waals surface area (Å²) in [6, 6.07) is 0.642. The van der Waals surface area contributed by atoms with Gasteiger partial charge in [-0.25, -0.2) is 0 Å². The molecule has 0 heterocycles. The summed E-state index contributed by atoms with van der Waals surface area (Å²) in [5.74, 6) is 1.20. The number of carbonyl (C=O) groups excluding carboxylic acids is 1. The summed E-state index contributed by atoms with van der Waals surface area (Å²) < 4.78 is 0. The highest BCUT2D eigenvalue weighted by molar-refractivity contribution is 5.76. The monoisotopic (exact) mass is 226 g/mol. The molecule has 94 valence electrons. The van der Waals surface area contributed by atoms with Gasteiger partial charge in [-0.05, 0) is 52.5 Å². The van der Waals surface area contributed by atoms with Gasteiger partial charge in [-0.2, -0.15) is 0 Å². The Morgan fingerprint density at radius 2 is 2.00 bits per heavy atom. The van der Waals surface area contributed by atoms with Crippen LogP contribution < -0.4 is 5.32 Å². The summed E-state index contributed by atoms with van der Waals surface area (Å²) >= 11 is 0. The predicted octanol–water partition coefficient (Wildman–Crippen LogP) is 2.02. The number of hydrogen-bond donors (Lipinski definition) is 1. The molecule has 1 saturated carbocycles. The molecule has 0 aromatic heterocycles. The molecule has 1 amide bonds. The Bertz CT molecular complexity index is 210. The Kier molecular flexibility index (Phi) is 5.81. The lowest BCUT2D eigenvalue weighted by Crippen LogP contribution is -2.32. The van der Waals surface area contributed by atoms with Crippen LogP contribution in [0.4, 0.5) is 0 Å². The van der Waals surface area contributed by atoms with Gasteiger partial charge in [-0.3, -0.25) is 4.79 Å². The molecule has 1 atom stereocenters. The average Bonchev–Trinajstić information content (AvgIpc) is 3.09. The summed E-state index contributed by atoms with van der Waals surface area (Å²) in [5, 5.41) is 3.50. The smallest absolute Gasteiger partial charge is 0.222 e. The van der Waals surface area contributed by atoms with E-state index in [0.29, 0.717) is 18.4 Å². The zero-order valence-corrected chi connectivity index (χ0v) is 11.0. The van der Waals surface area contributed by atoms with Crippen LogP contribution in [0.15, 0.2) is 0 Å². The van der Waals surface area contributed by atoms with Crippen LogP contribution in [0.25, 0.3) is 0 Å². The zero-order valence-electron chi connectivity index (χ0n) is 11.0. The van der Waals surface area contributed by atoms with Crippen molar-refractivity contribution in [2.75, 3.05) is 19.6 Å². The highest BCUT2D eigenvalue weighted by Crippen LogP contribution is 2.32. The molecule has 1 aliphatic rings. The van der Waals surface area contributed by atoms with Gasteiger partial charge >= 0.3 is 0 Å². The van der Waals surface area contributed by atoms with Gasteiger partial charge in [0.1, 0.15) is 0 Å². The summed E-state index contributed by atoms with van der Waals surface area (Å²) in [6.07, 6.45) is 4.41. The molecule has 1 rings (SSSR count). The third-order valence-corrected chi connectivity index (χ3v) is 3.48. The molecule has 0 saturated heterocycles. The van der Waals surface area contributed by atoms with E-state index in [1.54, 1.807) is 0 Å². The predicted molar refractivity (Wildman–Crippen MR) is 67.4 cm³/mol. The van der Waals surface area contributed by atoms with E-state index in [4.69, 9.17) is 0 Å². The Labute approximate surface area is 99.6 Å². The molecular weight excluding hydrogens is 200 g/mol. The Balaban J connectivity index is 2.03. The molecule has 0 radical (unpaired) electrons. The number of nitrogens with zero attached hydrogens (tertiary/aromatic N) is 1. The SMILES string of the molecule is CCN(CC)C(=O)CCCNC(C)C1CC1. The molecule has 0 spiro atoms. The largest absolute Gasteiger partial charge is 0.343 e. The lowest BCUT2D eigenvalue weighted by Gasteiger charge is -2.19. The summed E-state index contributed by atoms with van der Waals surface area (Å²) in [5.41, 5.74) is 0. The van der Waals surface area contributed by atoms with Crippen molar-refractivity contribution in [1.82, 2.24) is 10.2 Å². The molecule has 1 N–H and O–H groups in total. The fraction of sp³-hybridized carbons (Fsp3) is 0.923. The van der Waals surface area contributed by atoms with Crippen LogP contribution in [0.1, 0.15) is 46.5 Å². The van der Waals surface area contributed by atoms with Crippen LogP contribution >= 0.6 is 0 Å². The first-order valence-corrected chi connectivity index (χ1v) is 6.70.